The molecule has 5 nitrogen and oxygen atoms in total. The zero-order chi connectivity index (χ0) is 19.2. The van der Waals surface area contributed by atoms with Gasteiger partial charge in [-0.25, -0.2) is 0 Å². The zero-order valence-electron chi connectivity index (χ0n) is 15.4. The van der Waals surface area contributed by atoms with Crippen molar-refractivity contribution in [3.05, 3.63) is 92.1 Å². The van der Waals surface area contributed by atoms with E-state index in [1.165, 1.54) is 0 Å². The molecular weight excluding hydrogens is 407 g/mol. The molecule has 2 aromatic carbocycles. The Morgan fingerprint density at radius 3 is 2.56 bits per heavy atom. The predicted molar refractivity (Wildman–Crippen MR) is 108 cm³/mol. The van der Waals surface area contributed by atoms with Crippen LogP contribution in [-0.4, -0.2) is 24.5 Å². The van der Waals surface area contributed by atoms with Gasteiger partial charge in [-0.2, -0.15) is 0 Å². The zero-order valence-corrected chi connectivity index (χ0v) is 17.1. The van der Waals surface area contributed by atoms with E-state index in [9.17, 15) is 9.59 Å². The van der Waals surface area contributed by atoms with Crippen LogP contribution >= 0.6 is 0 Å². The monoisotopic (exact) mass is 430 g/mol. The summed E-state index contributed by atoms with van der Waals surface area (Å²) in [6, 6.07) is 18.0. The van der Waals surface area contributed by atoms with Gasteiger partial charge in [0.05, 0.1) is 0 Å². The van der Waals surface area contributed by atoms with Crippen molar-refractivity contribution in [2.24, 2.45) is 0 Å². The number of rotatable bonds is 7. The summed E-state index contributed by atoms with van der Waals surface area (Å²) in [4.78, 5) is 27.2. The third kappa shape index (κ3) is 4.86. The molecule has 0 bridgehead atoms. The van der Waals surface area contributed by atoms with Crippen molar-refractivity contribution in [3.63, 3.8) is 0 Å². The molecule has 0 radical (unpaired) electrons. The third-order valence-corrected chi connectivity index (χ3v) is 6.54. The van der Waals surface area contributed by atoms with Gasteiger partial charge < -0.3 is 0 Å². The first-order valence-corrected chi connectivity index (χ1v) is 10.5. The molecular formula is C21H22N2O3Se. The molecule has 3 aromatic rings. The molecule has 1 N–H and O–H groups in total. The SMILES string of the molecule is CCc1c([Se]c2cccc(C)c2)n(COCc2ccccc2)c(=O)[nH]c1=O. The van der Waals surface area contributed by atoms with Crippen molar-refractivity contribution >= 4 is 24.0 Å². The van der Waals surface area contributed by atoms with E-state index in [2.05, 4.69) is 11.1 Å². The Morgan fingerprint density at radius 1 is 1.07 bits per heavy atom. The molecule has 3 rings (SSSR count). The molecule has 0 saturated carbocycles. The Bertz CT molecular complexity index is 1030. The average molecular weight is 429 g/mol. The molecule has 0 atom stereocenters. The van der Waals surface area contributed by atoms with Crippen molar-refractivity contribution < 1.29 is 4.74 Å². The molecule has 1 aromatic heterocycles. The number of ether oxygens (including phenoxy) is 1. The summed E-state index contributed by atoms with van der Waals surface area (Å²) in [6.07, 6.45) is 0.567. The van der Waals surface area contributed by atoms with Gasteiger partial charge in [0.2, 0.25) is 0 Å². The fourth-order valence-corrected chi connectivity index (χ4v) is 5.32. The fourth-order valence-electron chi connectivity index (χ4n) is 2.76. The van der Waals surface area contributed by atoms with Crippen LogP contribution in [0.3, 0.4) is 0 Å². The Kier molecular flexibility index (Phi) is 6.45. The first kappa shape index (κ1) is 19.4. The molecule has 0 unspecified atom stereocenters. The summed E-state index contributed by atoms with van der Waals surface area (Å²) in [6.45, 7) is 4.49. The molecule has 0 amide bonds. The van der Waals surface area contributed by atoms with Crippen LogP contribution < -0.4 is 20.3 Å². The normalized spacial score (nSPS) is 10.9. The third-order valence-electron chi connectivity index (χ3n) is 4.13. The van der Waals surface area contributed by atoms with E-state index in [0.717, 1.165) is 20.2 Å². The van der Waals surface area contributed by atoms with Gasteiger partial charge in [-0.1, -0.05) is 0 Å². The van der Waals surface area contributed by atoms with Gasteiger partial charge in [-0.15, -0.1) is 0 Å². The first-order chi connectivity index (χ1) is 13.1. The van der Waals surface area contributed by atoms with Crippen LogP contribution in [-0.2, 0) is 24.5 Å². The van der Waals surface area contributed by atoms with E-state index in [1.807, 2.05) is 62.4 Å². The van der Waals surface area contributed by atoms with Crippen molar-refractivity contribution in [3.8, 4) is 0 Å². The summed E-state index contributed by atoms with van der Waals surface area (Å²) >= 11 is -0.166. The van der Waals surface area contributed by atoms with Crippen LogP contribution in [0.4, 0.5) is 0 Å². The van der Waals surface area contributed by atoms with Crippen LogP contribution in [0.2, 0.25) is 0 Å². The predicted octanol–water partition coefficient (Wildman–Crippen LogP) is 1.24. The van der Waals surface area contributed by atoms with Crippen LogP contribution in [0, 0.1) is 6.92 Å². The van der Waals surface area contributed by atoms with Gasteiger partial charge in [-0.05, 0) is 0 Å². The minimum absolute atomic E-state index is 0.112. The second-order valence-corrected chi connectivity index (χ2v) is 8.43. The Labute approximate surface area is 164 Å². The number of benzene rings is 2. The number of hydrogen-bond donors (Lipinski definition) is 1. The first-order valence-electron chi connectivity index (χ1n) is 8.80. The summed E-state index contributed by atoms with van der Waals surface area (Å²) in [7, 11) is 0. The van der Waals surface area contributed by atoms with Crippen molar-refractivity contribution in [1.29, 1.82) is 0 Å². The molecule has 1 heterocycles. The Balaban J connectivity index is 1.91. The number of nitrogens with zero attached hydrogens (tertiary/aromatic N) is 1. The molecule has 0 aliphatic carbocycles. The maximum atomic E-state index is 12.5. The van der Waals surface area contributed by atoms with Crippen molar-refractivity contribution in [2.45, 2.75) is 33.6 Å². The van der Waals surface area contributed by atoms with Crippen LogP contribution in [0.1, 0.15) is 23.6 Å². The number of aromatic amines is 1. The quantitative estimate of drug-likeness (QED) is 0.575. The topological polar surface area (TPSA) is 64.1 Å². The fraction of sp³-hybridized carbons (Fsp3) is 0.238. The summed E-state index contributed by atoms with van der Waals surface area (Å²) < 4.78 is 9.24. The summed E-state index contributed by atoms with van der Waals surface area (Å²) in [5.74, 6) is 0. The van der Waals surface area contributed by atoms with Gasteiger partial charge in [-0.3, -0.25) is 0 Å². The molecule has 0 fully saturated rings. The molecule has 0 aliphatic heterocycles. The van der Waals surface area contributed by atoms with Gasteiger partial charge in [0, 0.05) is 0 Å². The van der Waals surface area contributed by atoms with Crippen LogP contribution in [0.5, 0.6) is 0 Å². The number of aromatic nitrogens is 2. The number of hydrogen-bond acceptors (Lipinski definition) is 3. The van der Waals surface area contributed by atoms with Gasteiger partial charge >= 0.3 is 164 Å². The van der Waals surface area contributed by atoms with E-state index in [4.69, 9.17) is 4.74 Å². The molecule has 6 heteroatoms. The minimum atomic E-state index is -0.421. The summed E-state index contributed by atoms with van der Waals surface area (Å²) in [5.41, 5.74) is 2.13. The van der Waals surface area contributed by atoms with Crippen LogP contribution in [0.15, 0.2) is 64.2 Å². The molecule has 0 spiro atoms. The van der Waals surface area contributed by atoms with Gasteiger partial charge in [0.25, 0.3) is 0 Å². The number of H-pyrrole nitrogens is 1. The van der Waals surface area contributed by atoms with Crippen LogP contribution in [0.25, 0.3) is 0 Å². The van der Waals surface area contributed by atoms with E-state index in [1.54, 1.807) is 4.57 Å². The van der Waals surface area contributed by atoms with Crippen molar-refractivity contribution in [1.82, 2.24) is 9.55 Å². The van der Waals surface area contributed by atoms with E-state index in [0.29, 0.717) is 18.6 Å². The molecule has 140 valence electrons. The Morgan fingerprint density at radius 2 is 1.85 bits per heavy atom. The molecule has 0 saturated heterocycles. The maximum absolute atomic E-state index is 12.5. The van der Waals surface area contributed by atoms with E-state index < -0.39 is 5.69 Å². The second kappa shape index (κ2) is 9.00. The number of aryl methyl sites for hydroxylation is 1. The standard InChI is InChI=1S/C21H22N2O3Se/c1-3-18-19(24)22-21(25)23(14-26-13-16-9-5-4-6-10-16)20(18)27-17-11-7-8-15(2)12-17/h4-12H,3,13-14H2,1-2H3,(H,22,24,25). The van der Waals surface area contributed by atoms with E-state index in [-0.39, 0.29) is 27.2 Å². The molecule has 27 heavy (non-hydrogen) atoms. The van der Waals surface area contributed by atoms with Gasteiger partial charge in [0.15, 0.2) is 0 Å². The average Bonchev–Trinajstić information content (AvgIpc) is 2.65. The molecule has 0 aliphatic rings. The van der Waals surface area contributed by atoms with E-state index >= 15 is 0 Å². The second-order valence-electron chi connectivity index (χ2n) is 6.21. The number of nitrogens with one attached hydrogen (secondary N) is 1. The van der Waals surface area contributed by atoms with Gasteiger partial charge in [0.1, 0.15) is 0 Å². The Hall–Kier alpha value is -2.40. The summed E-state index contributed by atoms with van der Waals surface area (Å²) in [5, 5.41) is 0. The van der Waals surface area contributed by atoms with Crippen molar-refractivity contribution in [2.75, 3.05) is 0 Å².